The topological polar surface area (TPSA) is 0 Å². The summed E-state index contributed by atoms with van der Waals surface area (Å²) in [5, 5.41) is 0. The lowest BCUT2D eigenvalue weighted by Gasteiger charge is -2.19. The van der Waals surface area contributed by atoms with Crippen molar-refractivity contribution in [1.82, 2.24) is 0 Å². The monoisotopic (exact) mass is 194 g/mol. The Labute approximate surface area is 90.1 Å². The van der Waals surface area contributed by atoms with Gasteiger partial charge in [0.1, 0.15) is 0 Å². The third kappa shape index (κ3) is 6.94. The van der Waals surface area contributed by atoms with Crippen LogP contribution in [0.2, 0.25) is 0 Å². The lowest BCUT2D eigenvalue weighted by Crippen LogP contribution is -2.07. The normalized spacial score (nSPS) is 14.7. The third-order valence-electron chi connectivity index (χ3n) is 3.11. The van der Waals surface area contributed by atoms with Crippen molar-refractivity contribution in [2.75, 3.05) is 0 Å². The minimum atomic E-state index is 0.861. The van der Waals surface area contributed by atoms with Crippen molar-refractivity contribution in [1.29, 1.82) is 0 Å². The number of hydrogen-bond acceptors (Lipinski definition) is 0. The summed E-state index contributed by atoms with van der Waals surface area (Å²) in [4.78, 5) is 0. The van der Waals surface area contributed by atoms with Gasteiger partial charge >= 0.3 is 0 Å². The van der Waals surface area contributed by atoms with Crippen molar-refractivity contribution in [3.05, 3.63) is 25.3 Å². The second-order valence-electron chi connectivity index (χ2n) is 4.39. The molecule has 0 nitrogen and oxygen atoms in total. The zero-order chi connectivity index (χ0) is 10.8. The van der Waals surface area contributed by atoms with Crippen molar-refractivity contribution >= 4 is 0 Å². The predicted molar refractivity (Wildman–Crippen MR) is 66.4 cm³/mol. The SMILES string of the molecule is C=CCCC[C@H](C)[C@@H](C)CCCC=C. The molecule has 0 heteroatoms. The number of allylic oxidation sites excluding steroid dienone is 2. The summed E-state index contributed by atoms with van der Waals surface area (Å²) in [6.07, 6.45) is 11.7. The van der Waals surface area contributed by atoms with Crippen molar-refractivity contribution in [3.8, 4) is 0 Å². The highest BCUT2D eigenvalue weighted by Crippen LogP contribution is 2.22. The maximum atomic E-state index is 3.75. The lowest BCUT2D eigenvalue weighted by atomic mass is 9.87. The van der Waals surface area contributed by atoms with E-state index in [1.54, 1.807) is 0 Å². The standard InChI is InChI=1S/C14H26/c1-5-7-9-11-13(3)14(4)12-10-8-6-2/h5-6,13-14H,1-2,7-12H2,3-4H3/t13-,14-/m0/s1. The van der Waals surface area contributed by atoms with E-state index in [0.29, 0.717) is 0 Å². The molecule has 0 spiro atoms. The molecule has 0 saturated carbocycles. The van der Waals surface area contributed by atoms with E-state index in [0.717, 1.165) is 11.8 Å². The highest BCUT2D eigenvalue weighted by atomic mass is 14.2. The minimum absolute atomic E-state index is 0.861. The zero-order valence-corrected chi connectivity index (χ0v) is 9.97. The van der Waals surface area contributed by atoms with Crippen LogP contribution >= 0.6 is 0 Å². The molecule has 0 radical (unpaired) electrons. The maximum absolute atomic E-state index is 3.75. The Morgan fingerprint density at radius 3 is 1.50 bits per heavy atom. The van der Waals surface area contributed by atoms with Gasteiger partial charge in [-0.1, -0.05) is 38.8 Å². The van der Waals surface area contributed by atoms with Crippen molar-refractivity contribution < 1.29 is 0 Å². The first-order valence-corrected chi connectivity index (χ1v) is 5.94. The minimum Gasteiger partial charge on any atom is -0.103 e. The second kappa shape index (κ2) is 9.05. The molecule has 0 aromatic heterocycles. The molecule has 14 heavy (non-hydrogen) atoms. The Kier molecular flexibility index (Phi) is 8.72. The van der Waals surface area contributed by atoms with E-state index in [4.69, 9.17) is 0 Å². The molecule has 0 N–H and O–H groups in total. The van der Waals surface area contributed by atoms with Crippen LogP contribution in [0.4, 0.5) is 0 Å². The molecular weight excluding hydrogens is 168 g/mol. The average molecular weight is 194 g/mol. The fourth-order valence-corrected chi connectivity index (χ4v) is 1.74. The molecule has 0 unspecified atom stereocenters. The molecule has 0 heterocycles. The molecule has 0 bridgehead atoms. The van der Waals surface area contributed by atoms with Gasteiger partial charge in [0, 0.05) is 0 Å². The molecular formula is C14H26. The fraction of sp³-hybridized carbons (Fsp3) is 0.714. The van der Waals surface area contributed by atoms with E-state index < -0.39 is 0 Å². The molecule has 2 atom stereocenters. The summed E-state index contributed by atoms with van der Waals surface area (Å²) in [6, 6.07) is 0. The van der Waals surface area contributed by atoms with Crippen molar-refractivity contribution in [3.63, 3.8) is 0 Å². The van der Waals surface area contributed by atoms with Crippen LogP contribution in [0.1, 0.15) is 52.4 Å². The molecule has 0 fully saturated rings. The summed E-state index contributed by atoms with van der Waals surface area (Å²) in [6.45, 7) is 12.3. The van der Waals surface area contributed by atoms with Crippen LogP contribution < -0.4 is 0 Å². The van der Waals surface area contributed by atoms with Crippen molar-refractivity contribution in [2.24, 2.45) is 11.8 Å². The Balaban J connectivity index is 3.47. The average Bonchev–Trinajstić information content (AvgIpc) is 2.18. The summed E-state index contributed by atoms with van der Waals surface area (Å²) >= 11 is 0. The predicted octanol–water partition coefficient (Wildman–Crippen LogP) is 4.97. The van der Waals surface area contributed by atoms with E-state index in [-0.39, 0.29) is 0 Å². The van der Waals surface area contributed by atoms with E-state index in [9.17, 15) is 0 Å². The van der Waals surface area contributed by atoms with E-state index in [2.05, 4.69) is 27.0 Å². The molecule has 0 aromatic carbocycles. The van der Waals surface area contributed by atoms with Gasteiger partial charge in [-0.15, -0.1) is 13.2 Å². The van der Waals surface area contributed by atoms with Crippen LogP contribution in [0.25, 0.3) is 0 Å². The van der Waals surface area contributed by atoms with Crippen LogP contribution in [0.3, 0.4) is 0 Å². The number of unbranched alkanes of at least 4 members (excludes halogenated alkanes) is 2. The van der Waals surface area contributed by atoms with Crippen LogP contribution in [0, 0.1) is 11.8 Å². The van der Waals surface area contributed by atoms with Gasteiger partial charge in [0.15, 0.2) is 0 Å². The summed E-state index contributed by atoms with van der Waals surface area (Å²) < 4.78 is 0. The molecule has 0 aliphatic rings. The maximum Gasteiger partial charge on any atom is -0.0353 e. The van der Waals surface area contributed by atoms with Crippen LogP contribution in [-0.4, -0.2) is 0 Å². The van der Waals surface area contributed by atoms with Crippen LogP contribution in [-0.2, 0) is 0 Å². The molecule has 0 aliphatic heterocycles. The summed E-state index contributed by atoms with van der Waals surface area (Å²) in [7, 11) is 0. The Morgan fingerprint density at radius 2 is 1.21 bits per heavy atom. The number of hydrogen-bond donors (Lipinski definition) is 0. The molecule has 0 rings (SSSR count). The van der Waals surface area contributed by atoms with Crippen LogP contribution in [0.5, 0.6) is 0 Å². The lowest BCUT2D eigenvalue weighted by molar-refractivity contribution is 0.332. The van der Waals surface area contributed by atoms with E-state index >= 15 is 0 Å². The largest absolute Gasteiger partial charge is 0.103 e. The highest BCUT2D eigenvalue weighted by Gasteiger charge is 2.10. The smallest absolute Gasteiger partial charge is 0.0353 e. The van der Waals surface area contributed by atoms with E-state index in [1.165, 1.54) is 38.5 Å². The first kappa shape index (κ1) is 13.5. The Bertz CT molecular complexity index is 128. The summed E-state index contributed by atoms with van der Waals surface area (Å²) in [5.41, 5.74) is 0. The van der Waals surface area contributed by atoms with Crippen molar-refractivity contribution in [2.45, 2.75) is 52.4 Å². The quantitative estimate of drug-likeness (QED) is 0.359. The first-order chi connectivity index (χ1) is 6.72. The molecule has 82 valence electrons. The fourth-order valence-electron chi connectivity index (χ4n) is 1.74. The highest BCUT2D eigenvalue weighted by molar-refractivity contribution is 4.71. The molecule has 0 aromatic rings. The second-order valence-corrected chi connectivity index (χ2v) is 4.39. The van der Waals surface area contributed by atoms with Gasteiger partial charge in [0.05, 0.1) is 0 Å². The van der Waals surface area contributed by atoms with Gasteiger partial charge in [-0.3, -0.25) is 0 Å². The van der Waals surface area contributed by atoms with E-state index in [1.807, 2.05) is 12.2 Å². The first-order valence-electron chi connectivity index (χ1n) is 5.94. The molecule has 0 amide bonds. The summed E-state index contributed by atoms with van der Waals surface area (Å²) in [5.74, 6) is 1.72. The van der Waals surface area contributed by atoms with Gasteiger partial charge in [-0.25, -0.2) is 0 Å². The molecule has 0 saturated heterocycles. The van der Waals surface area contributed by atoms with Gasteiger partial charge in [-0.2, -0.15) is 0 Å². The Hall–Kier alpha value is -0.520. The van der Waals surface area contributed by atoms with Gasteiger partial charge in [-0.05, 0) is 37.5 Å². The third-order valence-corrected chi connectivity index (χ3v) is 3.11. The van der Waals surface area contributed by atoms with Gasteiger partial charge < -0.3 is 0 Å². The van der Waals surface area contributed by atoms with Gasteiger partial charge in [0.25, 0.3) is 0 Å². The zero-order valence-electron chi connectivity index (χ0n) is 9.97. The molecule has 0 aliphatic carbocycles. The van der Waals surface area contributed by atoms with Gasteiger partial charge in [0.2, 0.25) is 0 Å². The Morgan fingerprint density at radius 1 is 0.857 bits per heavy atom. The number of rotatable bonds is 9. The van der Waals surface area contributed by atoms with Crippen LogP contribution in [0.15, 0.2) is 25.3 Å².